The molecule has 16 heteroatoms. The Morgan fingerprint density at radius 1 is 1.23 bits per heavy atom. The van der Waals surface area contributed by atoms with Crippen molar-refractivity contribution in [1.29, 1.82) is 0 Å². The molecule has 13 nitrogen and oxygen atoms in total. The number of halogens is 1. The van der Waals surface area contributed by atoms with Gasteiger partial charge in [-0.2, -0.15) is 8.42 Å². The van der Waals surface area contributed by atoms with Crippen molar-refractivity contribution in [2.45, 2.75) is 13.8 Å². The summed E-state index contributed by atoms with van der Waals surface area (Å²) in [5.74, 6) is 1.38. The fraction of sp³-hybridized carbons (Fsp3) is 0.417. The van der Waals surface area contributed by atoms with Crippen LogP contribution in [0.1, 0.15) is 21.1 Å². The zero-order chi connectivity index (χ0) is 28.9. The molecule has 0 bridgehead atoms. The lowest BCUT2D eigenvalue weighted by molar-refractivity contribution is 0.103. The number of para-hydroxylation sites is 1. The van der Waals surface area contributed by atoms with E-state index in [1.807, 2.05) is 19.1 Å². The van der Waals surface area contributed by atoms with E-state index in [2.05, 4.69) is 34.8 Å². The Bertz CT molecular complexity index is 1430. The minimum Gasteiger partial charge on any atom is -0.395 e. The number of thiazole rings is 1. The smallest absolute Gasteiger partial charge is 0.274 e. The third-order valence-corrected chi connectivity index (χ3v) is 8.19. The molecular weight excluding hydrogens is 578 g/mol. The van der Waals surface area contributed by atoms with Gasteiger partial charge in [0.05, 0.1) is 23.5 Å². The van der Waals surface area contributed by atoms with E-state index in [0.29, 0.717) is 38.9 Å². The number of hydrogen-bond acceptors (Lipinski definition) is 11. The maximum atomic E-state index is 13.0. The predicted octanol–water partition coefficient (Wildman–Crippen LogP) is 1.50. The van der Waals surface area contributed by atoms with Gasteiger partial charge in [0.1, 0.15) is 22.3 Å². The summed E-state index contributed by atoms with van der Waals surface area (Å²) < 4.78 is 25.3. The number of nitrogens with one attached hydrogen (secondary N) is 2. The van der Waals surface area contributed by atoms with E-state index < -0.39 is 10.2 Å². The van der Waals surface area contributed by atoms with Crippen LogP contribution in [0, 0.1) is 13.8 Å². The molecule has 0 saturated carbocycles. The van der Waals surface area contributed by atoms with Crippen LogP contribution < -0.4 is 25.0 Å². The minimum atomic E-state index is -3.91. The Kier molecular flexibility index (Phi) is 9.89. The summed E-state index contributed by atoms with van der Waals surface area (Å²) in [4.78, 5) is 33.1. The summed E-state index contributed by atoms with van der Waals surface area (Å²) in [7, 11) is -3.91. The zero-order valence-electron chi connectivity index (χ0n) is 22.2. The van der Waals surface area contributed by atoms with Gasteiger partial charge in [0.25, 0.3) is 16.1 Å². The maximum Gasteiger partial charge on any atom is 0.274 e. The van der Waals surface area contributed by atoms with E-state index in [-0.39, 0.29) is 25.6 Å². The minimum absolute atomic E-state index is 0.0169. The summed E-state index contributed by atoms with van der Waals surface area (Å²) >= 11 is 7.41. The number of aliphatic hydroxyl groups is 1. The van der Waals surface area contributed by atoms with Crippen molar-refractivity contribution < 1.29 is 18.3 Å². The van der Waals surface area contributed by atoms with E-state index in [0.717, 1.165) is 48.9 Å². The topological polar surface area (TPSA) is 170 Å². The molecule has 3 heterocycles. The number of hydrogen-bond donors (Lipinski definition) is 4. The molecule has 0 radical (unpaired) electrons. The molecule has 1 aromatic carbocycles. The van der Waals surface area contributed by atoms with E-state index in [4.69, 9.17) is 16.7 Å². The van der Waals surface area contributed by atoms with Crippen LogP contribution in [0.2, 0.25) is 5.02 Å². The summed E-state index contributed by atoms with van der Waals surface area (Å²) in [6.07, 6.45) is 1.46. The lowest BCUT2D eigenvalue weighted by Gasteiger charge is -2.35. The molecule has 1 aliphatic rings. The standard InChI is InChI=1S/C24H32ClN9O4S2/c1-16-4-3-5-18(25)22(16)31-23(36)19-15-27-24(39-19)34(7-6-28-40(26,37)38)21-14-20(29-17(2)30-21)33-10-8-32(9-11-33)12-13-35/h3-5,14-15,28,35H,6-13H2,1-2H3,(H,31,36)(H2,26,37,38). The molecule has 3 aromatic rings. The number of nitrogens with two attached hydrogens (primary N) is 1. The van der Waals surface area contributed by atoms with E-state index >= 15 is 0 Å². The van der Waals surface area contributed by atoms with E-state index in [1.54, 1.807) is 24.0 Å². The molecule has 2 aromatic heterocycles. The Balaban J connectivity index is 1.60. The van der Waals surface area contributed by atoms with Gasteiger partial charge in [-0.3, -0.25) is 9.69 Å². The van der Waals surface area contributed by atoms with Crippen molar-refractivity contribution in [3.63, 3.8) is 0 Å². The summed E-state index contributed by atoms with van der Waals surface area (Å²) in [5, 5.41) is 18.1. The molecule has 1 fully saturated rings. The zero-order valence-corrected chi connectivity index (χ0v) is 24.6. The first-order valence-corrected chi connectivity index (χ1v) is 15.3. The highest BCUT2D eigenvalue weighted by Gasteiger charge is 2.23. The van der Waals surface area contributed by atoms with Crippen LogP contribution in [-0.2, 0) is 10.2 Å². The summed E-state index contributed by atoms with van der Waals surface area (Å²) in [6.45, 7) is 7.54. The molecule has 1 aliphatic heterocycles. The van der Waals surface area contributed by atoms with Gasteiger partial charge in [-0.1, -0.05) is 35.1 Å². The number of carbonyl (C=O) groups is 1. The number of benzene rings is 1. The van der Waals surface area contributed by atoms with Crippen molar-refractivity contribution in [3.8, 4) is 0 Å². The fourth-order valence-corrected chi connectivity index (χ4v) is 5.74. The second-order valence-electron chi connectivity index (χ2n) is 9.17. The Morgan fingerprint density at radius 2 is 1.98 bits per heavy atom. The number of aliphatic hydroxyl groups excluding tert-OH is 1. The Morgan fingerprint density at radius 3 is 2.65 bits per heavy atom. The highest BCUT2D eigenvalue weighted by atomic mass is 35.5. The van der Waals surface area contributed by atoms with Gasteiger partial charge in [-0.25, -0.2) is 24.8 Å². The van der Waals surface area contributed by atoms with Crippen molar-refractivity contribution >= 4 is 61.5 Å². The maximum absolute atomic E-state index is 13.0. The normalized spacial score (nSPS) is 14.4. The Labute approximate surface area is 242 Å². The van der Waals surface area contributed by atoms with Crippen LogP contribution in [0.25, 0.3) is 0 Å². The molecule has 1 amide bonds. The number of carbonyl (C=O) groups excluding carboxylic acids is 1. The first-order chi connectivity index (χ1) is 19.0. The van der Waals surface area contributed by atoms with Gasteiger partial charge < -0.3 is 20.2 Å². The highest BCUT2D eigenvalue weighted by molar-refractivity contribution is 7.87. The van der Waals surface area contributed by atoms with Crippen molar-refractivity contribution in [3.05, 3.63) is 51.7 Å². The highest BCUT2D eigenvalue weighted by Crippen LogP contribution is 2.32. The fourth-order valence-electron chi connectivity index (χ4n) is 4.25. The van der Waals surface area contributed by atoms with Crippen LogP contribution in [0.5, 0.6) is 0 Å². The van der Waals surface area contributed by atoms with Gasteiger partial charge in [0.2, 0.25) is 0 Å². The van der Waals surface area contributed by atoms with E-state index in [9.17, 15) is 18.3 Å². The van der Waals surface area contributed by atoms with Crippen molar-refractivity contribution in [2.24, 2.45) is 5.14 Å². The van der Waals surface area contributed by atoms with Crippen LogP contribution in [-0.4, -0.2) is 91.7 Å². The number of amides is 1. The predicted molar refractivity (Wildman–Crippen MR) is 157 cm³/mol. The van der Waals surface area contributed by atoms with Crippen LogP contribution in [0.3, 0.4) is 0 Å². The second-order valence-corrected chi connectivity index (χ2v) is 12.0. The molecule has 0 aliphatic carbocycles. The molecular formula is C24H32ClN9O4S2. The number of nitrogens with zero attached hydrogens (tertiary/aromatic N) is 6. The first-order valence-electron chi connectivity index (χ1n) is 12.5. The Hall–Kier alpha value is -2.92. The lowest BCUT2D eigenvalue weighted by Crippen LogP contribution is -2.47. The SMILES string of the molecule is Cc1nc(N2CCN(CCO)CC2)cc(N(CCNS(N)(=O)=O)c2ncc(C(=O)Nc3c(C)cccc3Cl)s2)n1. The van der Waals surface area contributed by atoms with E-state index in [1.165, 1.54) is 6.20 Å². The lowest BCUT2D eigenvalue weighted by atomic mass is 10.2. The molecule has 40 heavy (non-hydrogen) atoms. The number of aryl methyl sites for hydroxylation is 2. The van der Waals surface area contributed by atoms with Crippen LogP contribution >= 0.6 is 22.9 Å². The molecule has 4 rings (SSSR count). The van der Waals surface area contributed by atoms with Crippen molar-refractivity contribution in [1.82, 2.24) is 24.6 Å². The van der Waals surface area contributed by atoms with Gasteiger partial charge in [-0.15, -0.1) is 0 Å². The quantitative estimate of drug-likeness (QED) is 0.250. The third-order valence-electron chi connectivity index (χ3n) is 6.25. The molecule has 0 spiro atoms. The first kappa shape index (κ1) is 30.0. The van der Waals surface area contributed by atoms with Crippen LogP contribution in [0.15, 0.2) is 30.5 Å². The molecule has 5 N–H and O–H groups in total. The molecule has 0 unspecified atom stereocenters. The molecule has 1 saturated heterocycles. The average Bonchev–Trinajstić information content (AvgIpc) is 3.38. The third kappa shape index (κ3) is 7.84. The van der Waals surface area contributed by atoms with Crippen molar-refractivity contribution in [2.75, 3.05) is 67.5 Å². The van der Waals surface area contributed by atoms with Gasteiger partial charge in [0, 0.05) is 51.9 Å². The number of anilines is 4. The number of aromatic nitrogens is 3. The number of rotatable bonds is 11. The number of piperazine rings is 1. The van der Waals surface area contributed by atoms with Crippen LogP contribution in [0.4, 0.5) is 22.5 Å². The second kappa shape index (κ2) is 13.2. The average molecular weight is 610 g/mol. The monoisotopic (exact) mass is 609 g/mol. The summed E-state index contributed by atoms with van der Waals surface area (Å²) in [5.41, 5.74) is 1.34. The van der Waals surface area contributed by atoms with Gasteiger partial charge in [0.15, 0.2) is 5.13 Å². The molecule has 0 atom stereocenters. The molecule has 216 valence electrons. The van der Waals surface area contributed by atoms with Gasteiger partial charge >= 0.3 is 0 Å². The largest absolute Gasteiger partial charge is 0.395 e. The summed E-state index contributed by atoms with van der Waals surface area (Å²) in [6, 6.07) is 7.17. The van der Waals surface area contributed by atoms with Gasteiger partial charge in [-0.05, 0) is 25.5 Å². The number of β-amino-alcohol motifs (C(OH)–C–C–N with tert-alkyl or cyclic N) is 1.